The van der Waals surface area contributed by atoms with Gasteiger partial charge in [0.1, 0.15) is 12.1 Å². The summed E-state index contributed by atoms with van der Waals surface area (Å²) in [7, 11) is 0. The van der Waals surface area contributed by atoms with E-state index in [4.69, 9.17) is 9.47 Å². The van der Waals surface area contributed by atoms with Gasteiger partial charge < -0.3 is 9.47 Å². The zero-order valence-corrected chi connectivity index (χ0v) is 13.4. The normalized spacial score (nSPS) is 34.0. The molecule has 2 aliphatic carbocycles. The average molecular weight is 329 g/mol. The molecule has 0 radical (unpaired) electrons. The molecule has 126 valence electrons. The summed E-state index contributed by atoms with van der Waals surface area (Å²) in [5.41, 5.74) is -0.161. The third-order valence-electron chi connectivity index (χ3n) is 5.46. The van der Waals surface area contributed by atoms with Crippen molar-refractivity contribution in [1.29, 1.82) is 0 Å². The van der Waals surface area contributed by atoms with Gasteiger partial charge in [-0.25, -0.2) is 4.79 Å². The summed E-state index contributed by atoms with van der Waals surface area (Å²) in [5, 5.41) is 0. The van der Waals surface area contributed by atoms with E-state index in [-0.39, 0.29) is 36.9 Å². The number of carbonyl (C=O) groups excluding carboxylic acids is 3. The van der Waals surface area contributed by atoms with Crippen LogP contribution in [0.15, 0.2) is 30.3 Å². The van der Waals surface area contributed by atoms with E-state index in [0.717, 1.165) is 5.56 Å². The van der Waals surface area contributed by atoms with Crippen LogP contribution in [0.5, 0.6) is 0 Å². The number of amides is 1. The van der Waals surface area contributed by atoms with E-state index in [1.54, 1.807) is 6.92 Å². The van der Waals surface area contributed by atoms with Crippen LogP contribution in [0.25, 0.3) is 0 Å². The van der Waals surface area contributed by atoms with Crippen molar-refractivity contribution >= 4 is 17.8 Å². The van der Waals surface area contributed by atoms with Crippen molar-refractivity contribution in [3.63, 3.8) is 0 Å². The number of hydrogen-bond donors (Lipinski definition) is 0. The van der Waals surface area contributed by atoms with Gasteiger partial charge in [-0.15, -0.1) is 0 Å². The van der Waals surface area contributed by atoms with Crippen LogP contribution in [0.2, 0.25) is 0 Å². The summed E-state index contributed by atoms with van der Waals surface area (Å²) >= 11 is 0. The maximum Gasteiger partial charge on any atom is 0.411 e. The van der Waals surface area contributed by atoms with Gasteiger partial charge in [0.2, 0.25) is 0 Å². The Labute approximate surface area is 139 Å². The van der Waals surface area contributed by atoms with Crippen LogP contribution in [0.4, 0.5) is 4.79 Å². The first-order valence-corrected chi connectivity index (χ1v) is 8.33. The Hall–Kier alpha value is -2.37. The fraction of sp³-hybridized carbons (Fsp3) is 0.500. The summed E-state index contributed by atoms with van der Waals surface area (Å²) < 4.78 is 10.4. The SMILES string of the molecule is CCOC(=O)C1[C@@H]2CCC(=O)C12N1C(=O)OC[C@H]1c1ccccc1. The third kappa shape index (κ3) is 1.85. The summed E-state index contributed by atoms with van der Waals surface area (Å²) in [5.74, 6) is -1.15. The molecule has 1 aliphatic heterocycles. The smallest absolute Gasteiger partial charge is 0.411 e. The van der Waals surface area contributed by atoms with E-state index in [2.05, 4.69) is 0 Å². The van der Waals surface area contributed by atoms with Gasteiger partial charge in [0.15, 0.2) is 5.78 Å². The van der Waals surface area contributed by atoms with Gasteiger partial charge in [-0.1, -0.05) is 30.3 Å². The molecule has 1 saturated heterocycles. The lowest BCUT2D eigenvalue weighted by atomic mass is 10.00. The number of hydrogen-bond acceptors (Lipinski definition) is 5. The lowest BCUT2D eigenvalue weighted by Gasteiger charge is -2.30. The Kier molecular flexibility index (Phi) is 3.37. The largest absolute Gasteiger partial charge is 0.466 e. The molecule has 0 aromatic heterocycles. The second-order valence-electron chi connectivity index (χ2n) is 6.50. The molecular weight excluding hydrogens is 310 g/mol. The van der Waals surface area contributed by atoms with Gasteiger partial charge in [-0.2, -0.15) is 0 Å². The van der Waals surface area contributed by atoms with Crippen molar-refractivity contribution < 1.29 is 23.9 Å². The first kappa shape index (κ1) is 15.2. The van der Waals surface area contributed by atoms with E-state index >= 15 is 0 Å². The van der Waals surface area contributed by atoms with E-state index < -0.39 is 17.6 Å². The highest BCUT2D eigenvalue weighted by atomic mass is 16.6. The molecule has 1 aromatic carbocycles. The minimum atomic E-state index is -1.07. The molecule has 4 atom stereocenters. The summed E-state index contributed by atoms with van der Waals surface area (Å²) in [6.07, 6.45) is 0.496. The Morgan fingerprint density at radius 3 is 2.79 bits per heavy atom. The number of carbonyl (C=O) groups is 3. The van der Waals surface area contributed by atoms with E-state index in [1.165, 1.54) is 4.90 Å². The van der Waals surface area contributed by atoms with E-state index in [9.17, 15) is 14.4 Å². The van der Waals surface area contributed by atoms with Gasteiger partial charge >= 0.3 is 12.1 Å². The molecule has 2 unspecified atom stereocenters. The molecule has 0 spiro atoms. The quantitative estimate of drug-likeness (QED) is 0.791. The molecule has 2 saturated carbocycles. The number of esters is 1. The Morgan fingerprint density at radius 1 is 1.33 bits per heavy atom. The molecule has 1 amide bonds. The van der Waals surface area contributed by atoms with Gasteiger partial charge in [0.25, 0.3) is 0 Å². The molecule has 24 heavy (non-hydrogen) atoms. The Morgan fingerprint density at radius 2 is 2.08 bits per heavy atom. The summed E-state index contributed by atoms with van der Waals surface area (Å²) in [4.78, 5) is 39.0. The van der Waals surface area contributed by atoms with Crippen molar-refractivity contribution in [3.05, 3.63) is 35.9 Å². The number of nitrogens with zero attached hydrogens (tertiary/aromatic N) is 1. The maximum atomic E-state index is 12.7. The highest BCUT2D eigenvalue weighted by Gasteiger charge is 2.80. The van der Waals surface area contributed by atoms with Crippen LogP contribution in [0, 0.1) is 11.8 Å². The minimum absolute atomic E-state index is 0.0506. The summed E-state index contributed by atoms with van der Waals surface area (Å²) in [6, 6.07) is 9.14. The molecule has 3 fully saturated rings. The molecule has 4 rings (SSSR count). The minimum Gasteiger partial charge on any atom is -0.466 e. The number of cyclic esters (lactones) is 1. The number of Topliss-reactive ketones (excluding diaryl/α,β-unsaturated/α-hetero) is 1. The number of benzene rings is 1. The van der Waals surface area contributed by atoms with Crippen LogP contribution in [-0.4, -0.2) is 41.5 Å². The Bertz CT molecular complexity index is 703. The molecule has 6 nitrogen and oxygen atoms in total. The van der Waals surface area contributed by atoms with Crippen LogP contribution in [-0.2, 0) is 19.1 Å². The van der Waals surface area contributed by atoms with Crippen molar-refractivity contribution in [2.24, 2.45) is 11.8 Å². The zero-order chi connectivity index (χ0) is 16.9. The number of fused-ring (bicyclic) bond motifs is 1. The third-order valence-corrected chi connectivity index (χ3v) is 5.46. The average Bonchev–Trinajstić information content (AvgIpc) is 2.92. The molecular formula is C18H19NO5. The second-order valence-corrected chi connectivity index (χ2v) is 6.50. The van der Waals surface area contributed by atoms with Gasteiger partial charge in [0, 0.05) is 12.3 Å². The fourth-order valence-corrected chi connectivity index (χ4v) is 4.49. The fourth-order valence-electron chi connectivity index (χ4n) is 4.49. The van der Waals surface area contributed by atoms with E-state index in [1.807, 2.05) is 30.3 Å². The molecule has 1 aromatic rings. The lowest BCUT2D eigenvalue weighted by molar-refractivity contribution is -0.147. The van der Waals surface area contributed by atoms with Crippen molar-refractivity contribution in [3.8, 4) is 0 Å². The maximum absolute atomic E-state index is 12.7. The van der Waals surface area contributed by atoms with Crippen LogP contribution < -0.4 is 0 Å². The first-order chi connectivity index (χ1) is 11.6. The van der Waals surface area contributed by atoms with Crippen LogP contribution in [0.1, 0.15) is 31.4 Å². The van der Waals surface area contributed by atoms with E-state index in [0.29, 0.717) is 12.8 Å². The highest BCUT2D eigenvalue weighted by Crippen LogP contribution is 2.65. The molecule has 1 heterocycles. The number of rotatable bonds is 4. The van der Waals surface area contributed by atoms with Crippen LogP contribution in [0.3, 0.4) is 0 Å². The second kappa shape index (κ2) is 5.33. The van der Waals surface area contributed by atoms with Crippen molar-refractivity contribution in [2.45, 2.75) is 31.3 Å². The van der Waals surface area contributed by atoms with Gasteiger partial charge in [-0.05, 0) is 18.9 Å². The van der Waals surface area contributed by atoms with Crippen molar-refractivity contribution in [2.75, 3.05) is 13.2 Å². The molecule has 0 bridgehead atoms. The standard InChI is InChI=1S/C18H19NO5/c1-2-23-16(21)15-12-8-9-14(20)18(12,15)19-13(10-24-17(19)22)11-6-4-3-5-7-11/h3-7,12-13,15H,2,8-10H2,1H3/t12-,13-,15?,18?/m0/s1. The highest BCUT2D eigenvalue weighted by molar-refractivity contribution is 6.05. The van der Waals surface area contributed by atoms with Gasteiger partial charge in [0.05, 0.1) is 18.6 Å². The Balaban J connectivity index is 1.73. The lowest BCUT2D eigenvalue weighted by Crippen LogP contribution is -2.47. The number of ether oxygens (including phenoxy) is 2. The predicted octanol–water partition coefficient (Wildman–Crippen LogP) is 2.09. The zero-order valence-electron chi connectivity index (χ0n) is 13.4. The van der Waals surface area contributed by atoms with Crippen molar-refractivity contribution in [1.82, 2.24) is 4.90 Å². The predicted molar refractivity (Wildman–Crippen MR) is 83.0 cm³/mol. The molecule has 0 N–H and O–H groups in total. The molecule has 6 heteroatoms. The first-order valence-electron chi connectivity index (χ1n) is 8.33. The summed E-state index contributed by atoms with van der Waals surface area (Å²) in [6.45, 7) is 2.19. The molecule has 3 aliphatic rings. The monoisotopic (exact) mass is 329 g/mol. The van der Waals surface area contributed by atoms with Gasteiger partial charge in [-0.3, -0.25) is 14.5 Å². The topological polar surface area (TPSA) is 72.9 Å². The number of ketones is 1. The van der Waals surface area contributed by atoms with Crippen LogP contribution >= 0.6 is 0 Å².